The number of nitrogens with two attached hydrogens (primary N) is 1. The van der Waals surface area contributed by atoms with Gasteiger partial charge in [-0.05, 0) is 36.8 Å². The topological polar surface area (TPSA) is 68.3 Å². The molecule has 4 nitrogen and oxygen atoms in total. The zero-order valence-corrected chi connectivity index (χ0v) is 10.3. The molecule has 1 aromatic carbocycles. The Morgan fingerprint density at radius 2 is 1.94 bits per heavy atom. The molecule has 2 rings (SSSR count). The van der Waals surface area contributed by atoms with Crippen LogP contribution in [0.5, 0.6) is 0 Å². The van der Waals surface area contributed by atoms with Crippen molar-refractivity contribution in [3.8, 4) is 0 Å². The quantitative estimate of drug-likeness (QED) is 0.864. The molecule has 4 heteroatoms. The first-order valence-corrected chi connectivity index (χ1v) is 5.81. The Bertz CT molecular complexity index is 529. The number of carbonyl (C=O) groups excluding carboxylic acids is 1. The van der Waals surface area contributed by atoms with E-state index in [1.807, 2.05) is 31.2 Å². The third-order valence-electron chi connectivity index (χ3n) is 2.67. The van der Waals surface area contributed by atoms with Crippen molar-refractivity contribution in [3.63, 3.8) is 0 Å². The molecule has 0 saturated carbocycles. The van der Waals surface area contributed by atoms with Crippen LogP contribution in [0.15, 0.2) is 40.8 Å². The van der Waals surface area contributed by atoms with Crippen LogP contribution < -0.4 is 11.1 Å². The lowest BCUT2D eigenvalue weighted by molar-refractivity contribution is 0.0948. The van der Waals surface area contributed by atoms with Crippen molar-refractivity contribution >= 4 is 5.91 Å². The number of amides is 1. The first-order chi connectivity index (χ1) is 8.69. The van der Waals surface area contributed by atoms with E-state index in [1.54, 1.807) is 12.1 Å². The van der Waals surface area contributed by atoms with Crippen molar-refractivity contribution in [1.29, 1.82) is 0 Å². The maximum Gasteiger partial charge on any atom is 0.251 e. The predicted octanol–water partition coefficient (Wildman–Crippen LogP) is 1.98. The van der Waals surface area contributed by atoms with Crippen LogP contribution in [0.1, 0.15) is 27.4 Å². The Labute approximate surface area is 106 Å². The van der Waals surface area contributed by atoms with Crippen LogP contribution in [0.4, 0.5) is 0 Å². The zero-order chi connectivity index (χ0) is 13.0. The van der Waals surface area contributed by atoms with Crippen LogP contribution >= 0.6 is 0 Å². The molecule has 3 N–H and O–H groups in total. The number of aryl methyl sites for hydroxylation is 1. The Balaban J connectivity index is 1.94. The minimum atomic E-state index is -0.118. The normalized spacial score (nSPS) is 10.3. The molecular weight excluding hydrogens is 228 g/mol. The molecule has 94 valence electrons. The summed E-state index contributed by atoms with van der Waals surface area (Å²) in [7, 11) is 0. The highest BCUT2D eigenvalue weighted by atomic mass is 16.3. The summed E-state index contributed by atoms with van der Waals surface area (Å²) in [5, 5.41) is 2.80. The van der Waals surface area contributed by atoms with Crippen LogP contribution in [-0.2, 0) is 13.1 Å². The average molecular weight is 244 g/mol. The van der Waals surface area contributed by atoms with Crippen LogP contribution in [0.3, 0.4) is 0 Å². The number of carbonyl (C=O) groups is 1. The fourth-order valence-electron chi connectivity index (χ4n) is 1.64. The van der Waals surface area contributed by atoms with Crippen LogP contribution in [0.2, 0.25) is 0 Å². The molecule has 0 aliphatic carbocycles. The Morgan fingerprint density at radius 3 is 2.50 bits per heavy atom. The first-order valence-electron chi connectivity index (χ1n) is 5.81. The average Bonchev–Trinajstić information content (AvgIpc) is 2.82. The highest BCUT2D eigenvalue weighted by Gasteiger charge is 2.06. The molecule has 0 saturated heterocycles. The van der Waals surface area contributed by atoms with E-state index in [4.69, 9.17) is 10.2 Å². The molecule has 1 amide bonds. The summed E-state index contributed by atoms with van der Waals surface area (Å²) in [5.74, 6) is 1.47. The Morgan fingerprint density at radius 1 is 1.22 bits per heavy atom. The number of hydrogen-bond acceptors (Lipinski definition) is 3. The Hall–Kier alpha value is -2.07. The van der Waals surface area contributed by atoms with E-state index in [1.165, 1.54) is 0 Å². The van der Waals surface area contributed by atoms with Gasteiger partial charge in [0, 0.05) is 12.1 Å². The van der Waals surface area contributed by atoms with E-state index in [2.05, 4.69) is 5.32 Å². The van der Waals surface area contributed by atoms with Crippen molar-refractivity contribution in [2.24, 2.45) is 5.73 Å². The number of benzene rings is 1. The molecule has 0 fully saturated rings. The zero-order valence-electron chi connectivity index (χ0n) is 10.3. The van der Waals surface area contributed by atoms with E-state index < -0.39 is 0 Å². The van der Waals surface area contributed by atoms with Gasteiger partial charge in [-0.3, -0.25) is 4.79 Å². The number of nitrogens with one attached hydrogen (secondary N) is 1. The van der Waals surface area contributed by atoms with E-state index >= 15 is 0 Å². The minimum absolute atomic E-state index is 0.118. The van der Waals surface area contributed by atoms with E-state index in [9.17, 15) is 4.79 Å². The number of rotatable bonds is 4. The van der Waals surface area contributed by atoms with Crippen molar-refractivity contribution < 1.29 is 9.21 Å². The lowest BCUT2D eigenvalue weighted by atomic mass is 10.1. The smallest absolute Gasteiger partial charge is 0.251 e. The van der Waals surface area contributed by atoms with Gasteiger partial charge in [0.1, 0.15) is 11.5 Å². The van der Waals surface area contributed by atoms with Crippen LogP contribution in [0, 0.1) is 6.92 Å². The molecule has 0 spiro atoms. The summed E-state index contributed by atoms with van der Waals surface area (Å²) in [4.78, 5) is 11.8. The van der Waals surface area contributed by atoms with E-state index in [0.717, 1.165) is 17.1 Å². The number of furan rings is 1. The third kappa shape index (κ3) is 2.99. The van der Waals surface area contributed by atoms with Gasteiger partial charge >= 0.3 is 0 Å². The largest absolute Gasteiger partial charge is 0.465 e. The second-order valence-corrected chi connectivity index (χ2v) is 4.10. The summed E-state index contributed by atoms with van der Waals surface area (Å²) >= 11 is 0. The Kier molecular flexibility index (Phi) is 3.79. The second kappa shape index (κ2) is 5.51. The fraction of sp³-hybridized carbons (Fsp3) is 0.214. The van der Waals surface area contributed by atoms with Gasteiger partial charge in [-0.25, -0.2) is 0 Å². The summed E-state index contributed by atoms with van der Waals surface area (Å²) in [5.41, 5.74) is 7.13. The van der Waals surface area contributed by atoms with Crippen LogP contribution in [0.25, 0.3) is 0 Å². The lowest BCUT2D eigenvalue weighted by Gasteiger charge is -2.04. The molecule has 1 aromatic heterocycles. The third-order valence-corrected chi connectivity index (χ3v) is 2.67. The van der Waals surface area contributed by atoms with Gasteiger partial charge in [-0.2, -0.15) is 0 Å². The van der Waals surface area contributed by atoms with Crippen molar-refractivity contribution in [3.05, 3.63) is 59.0 Å². The van der Waals surface area contributed by atoms with Gasteiger partial charge in [-0.15, -0.1) is 0 Å². The maximum absolute atomic E-state index is 11.8. The van der Waals surface area contributed by atoms with Crippen molar-refractivity contribution in [1.82, 2.24) is 5.32 Å². The molecule has 0 aliphatic rings. The first kappa shape index (κ1) is 12.4. The summed E-state index contributed by atoms with van der Waals surface area (Å²) in [6.45, 7) is 2.75. The van der Waals surface area contributed by atoms with Gasteiger partial charge in [0.25, 0.3) is 5.91 Å². The molecule has 0 radical (unpaired) electrons. The fourth-order valence-corrected chi connectivity index (χ4v) is 1.64. The molecule has 0 aliphatic heterocycles. The summed E-state index contributed by atoms with van der Waals surface area (Å²) in [6.07, 6.45) is 0. The SMILES string of the molecule is Cc1ccc(CNC(=O)c2ccc(CN)cc2)o1. The molecule has 2 aromatic rings. The number of hydrogen-bond donors (Lipinski definition) is 2. The predicted molar refractivity (Wildman–Crippen MR) is 68.9 cm³/mol. The van der Waals surface area contributed by atoms with Gasteiger partial charge in [0.2, 0.25) is 0 Å². The summed E-state index contributed by atoms with van der Waals surface area (Å²) < 4.78 is 5.38. The molecule has 0 bridgehead atoms. The highest BCUT2D eigenvalue weighted by Crippen LogP contribution is 2.07. The molecule has 0 unspecified atom stereocenters. The maximum atomic E-state index is 11.8. The monoisotopic (exact) mass is 244 g/mol. The lowest BCUT2D eigenvalue weighted by Crippen LogP contribution is -2.22. The van der Waals surface area contributed by atoms with Gasteiger partial charge in [0.05, 0.1) is 6.54 Å². The standard InChI is InChI=1S/C14H16N2O2/c1-10-2-7-13(18-10)9-16-14(17)12-5-3-11(8-15)4-6-12/h2-7H,8-9,15H2,1H3,(H,16,17). The van der Waals surface area contributed by atoms with Crippen molar-refractivity contribution in [2.75, 3.05) is 0 Å². The van der Waals surface area contributed by atoms with Gasteiger partial charge in [-0.1, -0.05) is 12.1 Å². The molecule has 18 heavy (non-hydrogen) atoms. The molecule has 1 heterocycles. The minimum Gasteiger partial charge on any atom is -0.465 e. The van der Waals surface area contributed by atoms with Gasteiger partial charge < -0.3 is 15.5 Å². The second-order valence-electron chi connectivity index (χ2n) is 4.10. The van der Waals surface area contributed by atoms with Gasteiger partial charge in [0.15, 0.2) is 0 Å². The van der Waals surface area contributed by atoms with Crippen LogP contribution in [-0.4, -0.2) is 5.91 Å². The summed E-state index contributed by atoms with van der Waals surface area (Å²) in [6, 6.07) is 11.0. The molecular formula is C14H16N2O2. The van der Waals surface area contributed by atoms with Crippen molar-refractivity contribution in [2.45, 2.75) is 20.0 Å². The molecule has 0 atom stereocenters. The van der Waals surface area contributed by atoms with E-state index in [-0.39, 0.29) is 5.91 Å². The highest BCUT2D eigenvalue weighted by molar-refractivity contribution is 5.94. The van der Waals surface area contributed by atoms with E-state index in [0.29, 0.717) is 18.7 Å².